The van der Waals surface area contributed by atoms with Gasteiger partial charge in [-0.1, -0.05) is 18.9 Å². The third-order valence-electron chi connectivity index (χ3n) is 5.36. The van der Waals surface area contributed by atoms with E-state index in [1.165, 1.54) is 6.42 Å². The second-order valence-electron chi connectivity index (χ2n) is 8.47. The summed E-state index contributed by atoms with van der Waals surface area (Å²) in [7, 11) is 0. The Labute approximate surface area is 150 Å². The Bertz CT molecular complexity index is 665. The molecule has 1 aliphatic heterocycles. The molecular weight excluding hydrogens is 314 g/mol. The number of anilines is 1. The molecule has 1 saturated heterocycles. The zero-order chi connectivity index (χ0) is 18.1. The van der Waals surface area contributed by atoms with Crippen LogP contribution in [0.5, 0.6) is 0 Å². The molecular formula is C20H29N3O2. The molecule has 0 aromatic heterocycles. The average Bonchev–Trinajstić information content (AvgIpc) is 2.99. The molecule has 2 amide bonds. The fraction of sp³-hybridized carbons (Fsp3) is 0.600. The summed E-state index contributed by atoms with van der Waals surface area (Å²) in [5, 5.41) is 9.43. The summed E-state index contributed by atoms with van der Waals surface area (Å²) in [5.41, 5.74) is 0.675. The first kappa shape index (κ1) is 17.9. The number of hydrogen-bond acceptors (Lipinski definition) is 3. The number of carbonyl (C=O) groups excluding carboxylic acids is 2. The van der Waals surface area contributed by atoms with Gasteiger partial charge in [-0.05, 0) is 64.3 Å². The van der Waals surface area contributed by atoms with Crippen molar-refractivity contribution in [3.63, 3.8) is 0 Å². The molecule has 136 valence electrons. The topological polar surface area (TPSA) is 70.2 Å². The number of fused-ring (bicyclic) bond motifs is 1. The van der Waals surface area contributed by atoms with Crippen molar-refractivity contribution in [1.82, 2.24) is 10.6 Å². The summed E-state index contributed by atoms with van der Waals surface area (Å²) >= 11 is 0. The Hall–Kier alpha value is -1.88. The van der Waals surface area contributed by atoms with E-state index in [1.807, 2.05) is 32.9 Å². The molecule has 1 saturated carbocycles. The van der Waals surface area contributed by atoms with E-state index in [9.17, 15) is 9.59 Å². The molecule has 0 spiro atoms. The number of hydrogen-bond donors (Lipinski definition) is 3. The summed E-state index contributed by atoms with van der Waals surface area (Å²) in [6.07, 6.45) is 4.39. The Morgan fingerprint density at radius 2 is 2.04 bits per heavy atom. The van der Waals surface area contributed by atoms with E-state index < -0.39 is 0 Å². The van der Waals surface area contributed by atoms with Gasteiger partial charge in [0.1, 0.15) is 0 Å². The molecule has 5 heteroatoms. The number of rotatable bonds is 3. The molecule has 3 rings (SSSR count). The second-order valence-corrected chi connectivity index (χ2v) is 8.47. The van der Waals surface area contributed by atoms with Crippen molar-refractivity contribution in [2.75, 3.05) is 18.4 Å². The van der Waals surface area contributed by atoms with Crippen molar-refractivity contribution in [3.8, 4) is 0 Å². The van der Waals surface area contributed by atoms with Crippen LogP contribution in [-0.4, -0.2) is 30.4 Å². The monoisotopic (exact) mass is 343 g/mol. The highest BCUT2D eigenvalue weighted by Crippen LogP contribution is 2.44. The van der Waals surface area contributed by atoms with Crippen LogP contribution in [0.15, 0.2) is 24.3 Å². The molecule has 2 aliphatic rings. The van der Waals surface area contributed by atoms with E-state index in [1.54, 1.807) is 12.1 Å². The van der Waals surface area contributed by atoms with E-state index in [0.29, 0.717) is 17.2 Å². The molecule has 2 atom stereocenters. The molecule has 0 radical (unpaired) electrons. The Kier molecular flexibility index (Phi) is 4.87. The van der Waals surface area contributed by atoms with Crippen LogP contribution in [0.25, 0.3) is 0 Å². The second kappa shape index (κ2) is 6.79. The summed E-state index contributed by atoms with van der Waals surface area (Å²) in [6.45, 7) is 7.54. The standard InChI is InChI=1S/C20H29N3O2/c1-19(2,3)23-17(24)14-7-6-9-16(11-14)22-18(25)20-10-5-4-8-15(20)12-21-13-20/h6-7,9,11,15,21H,4-5,8,10,12-13H2,1-3H3,(H,22,25)(H,23,24)/t15-,20+/m0/s1. The first-order chi connectivity index (χ1) is 11.8. The van der Waals surface area contributed by atoms with Gasteiger partial charge in [0, 0.05) is 23.3 Å². The lowest BCUT2D eigenvalue weighted by molar-refractivity contribution is -0.128. The third kappa shape index (κ3) is 3.87. The number of carbonyl (C=O) groups is 2. The van der Waals surface area contributed by atoms with Crippen molar-refractivity contribution in [2.24, 2.45) is 11.3 Å². The zero-order valence-electron chi connectivity index (χ0n) is 15.4. The van der Waals surface area contributed by atoms with Crippen LogP contribution in [0, 0.1) is 11.3 Å². The zero-order valence-corrected chi connectivity index (χ0v) is 15.4. The average molecular weight is 343 g/mol. The van der Waals surface area contributed by atoms with Gasteiger partial charge in [0.05, 0.1) is 5.41 Å². The van der Waals surface area contributed by atoms with Crippen LogP contribution < -0.4 is 16.0 Å². The SMILES string of the molecule is CC(C)(C)NC(=O)c1cccc(NC(=O)[C@@]23CCCC[C@H]2CNC3)c1. The van der Waals surface area contributed by atoms with Gasteiger partial charge in [0.15, 0.2) is 0 Å². The van der Waals surface area contributed by atoms with Crippen molar-refractivity contribution < 1.29 is 9.59 Å². The van der Waals surface area contributed by atoms with Gasteiger partial charge in [-0.25, -0.2) is 0 Å². The maximum atomic E-state index is 13.0. The number of nitrogens with one attached hydrogen (secondary N) is 3. The van der Waals surface area contributed by atoms with E-state index >= 15 is 0 Å². The fourth-order valence-corrected chi connectivity index (χ4v) is 4.10. The molecule has 1 heterocycles. The summed E-state index contributed by atoms with van der Waals surface area (Å²) in [5.74, 6) is 0.393. The minimum Gasteiger partial charge on any atom is -0.347 e. The number of amides is 2. The van der Waals surface area contributed by atoms with Crippen LogP contribution in [0.2, 0.25) is 0 Å². The van der Waals surface area contributed by atoms with E-state index in [0.717, 1.165) is 32.4 Å². The predicted octanol–water partition coefficient (Wildman–Crippen LogP) is 2.93. The smallest absolute Gasteiger partial charge is 0.251 e. The normalized spacial score (nSPS) is 26.0. The van der Waals surface area contributed by atoms with Crippen LogP contribution >= 0.6 is 0 Å². The lowest BCUT2D eigenvalue weighted by Crippen LogP contribution is -2.44. The summed E-state index contributed by atoms with van der Waals surface area (Å²) < 4.78 is 0. The highest BCUT2D eigenvalue weighted by Gasteiger charge is 2.49. The van der Waals surface area contributed by atoms with Crippen molar-refractivity contribution >= 4 is 17.5 Å². The van der Waals surface area contributed by atoms with Gasteiger partial charge in [0.25, 0.3) is 5.91 Å². The Morgan fingerprint density at radius 3 is 2.80 bits per heavy atom. The molecule has 2 fully saturated rings. The van der Waals surface area contributed by atoms with Crippen molar-refractivity contribution in [1.29, 1.82) is 0 Å². The molecule has 0 bridgehead atoms. The fourth-order valence-electron chi connectivity index (χ4n) is 4.10. The molecule has 1 aliphatic carbocycles. The first-order valence-corrected chi connectivity index (χ1v) is 9.25. The Balaban J connectivity index is 1.74. The lowest BCUT2D eigenvalue weighted by atomic mass is 9.67. The molecule has 0 unspecified atom stereocenters. The molecule has 25 heavy (non-hydrogen) atoms. The van der Waals surface area contributed by atoms with Gasteiger partial charge >= 0.3 is 0 Å². The molecule has 1 aromatic carbocycles. The van der Waals surface area contributed by atoms with E-state index in [2.05, 4.69) is 16.0 Å². The number of benzene rings is 1. The van der Waals surface area contributed by atoms with E-state index in [4.69, 9.17) is 0 Å². The van der Waals surface area contributed by atoms with Crippen molar-refractivity contribution in [3.05, 3.63) is 29.8 Å². The van der Waals surface area contributed by atoms with Crippen LogP contribution in [-0.2, 0) is 4.79 Å². The van der Waals surface area contributed by atoms with Crippen LogP contribution in [0.3, 0.4) is 0 Å². The van der Waals surface area contributed by atoms with Gasteiger partial charge < -0.3 is 16.0 Å². The highest BCUT2D eigenvalue weighted by molar-refractivity contribution is 5.99. The maximum absolute atomic E-state index is 13.0. The molecule has 5 nitrogen and oxygen atoms in total. The quantitative estimate of drug-likeness (QED) is 0.790. The van der Waals surface area contributed by atoms with Gasteiger partial charge in [-0.2, -0.15) is 0 Å². The van der Waals surface area contributed by atoms with E-state index in [-0.39, 0.29) is 22.8 Å². The molecule has 3 N–H and O–H groups in total. The molecule has 1 aromatic rings. The third-order valence-corrected chi connectivity index (χ3v) is 5.36. The lowest BCUT2D eigenvalue weighted by Gasteiger charge is -2.37. The highest BCUT2D eigenvalue weighted by atomic mass is 16.2. The maximum Gasteiger partial charge on any atom is 0.251 e. The van der Waals surface area contributed by atoms with Crippen LogP contribution in [0.1, 0.15) is 56.8 Å². The predicted molar refractivity (Wildman–Crippen MR) is 99.6 cm³/mol. The summed E-state index contributed by atoms with van der Waals surface area (Å²) in [6, 6.07) is 7.20. The minimum absolute atomic E-state index is 0.0931. The van der Waals surface area contributed by atoms with Gasteiger partial charge in [-0.3, -0.25) is 9.59 Å². The Morgan fingerprint density at radius 1 is 1.24 bits per heavy atom. The van der Waals surface area contributed by atoms with Crippen molar-refractivity contribution in [2.45, 2.75) is 52.0 Å². The van der Waals surface area contributed by atoms with Gasteiger partial charge in [0.2, 0.25) is 5.91 Å². The minimum atomic E-state index is -0.292. The summed E-state index contributed by atoms with van der Waals surface area (Å²) in [4.78, 5) is 25.4. The van der Waals surface area contributed by atoms with Gasteiger partial charge in [-0.15, -0.1) is 0 Å². The largest absolute Gasteiger partial charge is 0.347 e. The first-order valence-electron chi connectivity index (χ1n) is 9.25. The van der Waals surface area contributed by atoms with Crippen LogP contribution in [0.4, 0.5) is 5.69 Å².